The standard InChI is InChI=1S/C31H32FN5O5/c1-40-29-27(41-19-21-8-14-34-15-9-21)5-3-23-25(11-17-35-28(23)29)42-26-4-2-22(18-24(26)32)37-31(39)30(38)36-16-10-20-6-12-33-13-7-20/h2-7,11-13,17-18,21,34H,8-10,14-16,19H2,1H3,(H,36,38)(H,37,39). The predicted octanol–water partition coefficient (Wildman–Crippen LogP) is 4.25. The van der Waals surface area contributed by atoms with Gasteiger partial charge in [0.25, 0.3) is 0 Å². The Labute approximate surface area is 242 Å². The summed E-state index contributed by atoms with van der Waals surface area (Å²) in [4.78, 5) is 32.9. The van der Waals surface area contributed by atoms with Gasteiger partial charge in [-0.3, -0.25) is 19.6 Å². The third-order valence-corrected chi connectivity index (χ3v) is 6.99. The maximum atomic E-state index is 15.0. The highest BCUT2D eigenvalue weighted by Crippen LogP contribution is 2.40. The van der Waals surface area contributed by atoms with Crippen molar-refractivity contribution in [2.45, 2.75) is 19.3 Å². The third kappa shape index (κ3) is 7.10. The van der Waals surface area contributed by atoms with Crippen molar-refractivity contribution in [1.82, 2.24) is 20.6 Å². The van der Waals surface area contributed by atoms with Gasteiger partial charge >= 0.3 is 11.8 Å². The molecule has 10 nitrogen and oxygen atoms in total. The van der Waals surface area contributed by atoms with Crippen molar-refractivity contribution in [3.63, 3.8) is 0 Å². The smallest absolute Gasteiger partial charge is 0.313 e. The fraction of sp³-hybridized carbons (Fsp3) is 0.290. The molecule has 0 saturated carbocycles. The van der Waals surface area contributed by atoms with Gasteiger partial charge in [0, 0.05) is 42.3 Å². The van der Waals surface area contributed by atoms with Crippen LogP contribution in [0.25, 0.3) is 10.9 Å². The maximum Gasteiger partial charge on any atom is 0.313 e. The van der Waals surface area contributed by atoms with E-state index in [4.69, 9.17) is 14.2 Å². The maximum absolute atomic E-state index is 15.0. The summed E-state index contributed by atoms with van der Waals surface area (Å²) in [5.74, 6) is -0.601. The van der Waals surface area contributed by atoms with Crippen molar-refractivity contribution in [3.8, 4) is 23.0 Å². The molecular formula is C31H32FN5O5. The third-order valence-electron chi connectivity index (χ3n) is 6.99. The molecule has 5 rings (SSSR count). The number of nitrogens with zero attached hydrogens (tertiary/aromatic N) is 2. The van der Waals surface area contributed by atoms with E-state index in [0.717, 1.165) is 37.6 Å². The first-order valence-electron chi connectivity index (χ1n) is 13.8. The molecule has 1 saturated heterocycles. The Morgan fingerprint density at radius 3 is 2.52 bits per heavy atom. The summed E-state index contributed by atoms with van der Waals surface area (Å²) in [7, 11) is 1.55. The van der Waals surface area contributed by atoms with Crippen LogP contribution in [0, 0.1) is 11.7 Å². The van der Waals surface area contributed by atoms with Gasteiger partial charge in [-0.15, -0.1) is 0 Å². The number of methoxy groups -OCH3 is 1. The number of pyridine rings is 2. The number of rotatable bonds is 10. The Bertz CT molecular complexity index is 1550. The number of fused-ring (bicyclic) bond motifs is 1. The summed E-state index contributed by atoms with van der Waals surface area (Å²) in [6.07, 6.45) is 7.52. The Morgan fingerprint density at radius 2 is 1.76 bits per heavy atom. The number of aromatic nitrogens is 2. The Morgan fingerprint density at radius 1 is 0.976 bits per heavy atom. The minimum atomic E-state index is -0.900. The van der Waals surface area contributed by atoms with Crippen LogP contribution in [0.3, 0.4) is 0 Å². The Kier molecular flexibility index (Phi) is 9.40. The van der Waals surface area contributed by atoms with Crippen LogP contribution >= 0.6 is 0 Å². The van der Waals surface area contributed by atoms with Crippen molar-refractivity contribution in [2.24, 2.45) is 5.92 Å². The number of anilines is 1. The van der Waals surface area contributed by atoms with E-state index in [1.807, 2.05) is 12.1 Å². The largest absolute Gasteiger partial charge is 0.491 e. The lowest BCUT2D eigenvalue weighted by atomic mass is 9.99. The number of halogens is 1. The first kappa shape index (κ1) is 28.7. The summed E-state index contributed by atoms with van der Waals surface area (Å²) >= 11 is 0. The van der Waals surface area contributed by atoms with Crippen LogP contribution < -0.4 is 30.2 Å². The highest BCUT2D eigenvalue weighted by molar-refractivity contribution is 6.39. The Balaban J connectivity index is 1.22. The molecule has 11 heteroatoms. The molecule has 1 fully saturated rings. The van der Waals surface area contributed by atoms with E-state index < -0.39 is 17.6 Å². The topological polar surface area (TPSA) is 124 Å². The second-order valence-electron chi connectivity index (χ2n) is 9.87. The molecule has 0 radical (unpaired) electrons. The first-order chi connectivity index (χ1) is 20.5. The van der Waals surface area contributed by atoms with Gasteiger partial charge in [-0.1, -0.05) is 0 Å². The van der Waals surface area contributed by atoms with E-state index in [9.17, 15) is 9.59 Å². The van der Waals surface area contributed by atoms with Gasteiger partial charge in [0.05, 0.1) is 13.7 Å². The van der Waals surface area contributed by atoms with Crippen LogP contribution in [0.15, 0.2) is 67.1 Å². The molecule has 1 aliphatic rings. The monoisotopic (exact) mass is 573 g/mol. The lowest BCUT2D eigenvalue weighted by Gasteiger charge is -2.23. The Hall–Kier alpha value is -4.77. The van der Waals surface area contributed by atoms with Crippen LogP contribution in [0.4, 0.5) is 10.1 Å². The molecule has 0 bridgehead atoms. The number of amides is 2. The van der Waals surface area contributed by atoms with Crippen LogP contribution in [-0.2, 0) is 16.0 Å². The van der Waals surface area contributed by atoms with Gasteiger partial charge in [-0.2, -0.15) is 0 Å². The summed E-state index contributed by atoms with van der Waals surface area (Å²) in [6, 6.07) is 12.8. The van der Waals surface area contributed by atoms with Gasteiger partial charge in [0.1, 0.15) is 11.3 Å². The summed E-state index contributed by atoms with van der Waals surface area (Å²) in [5, 5.41) is 8.92. The fourth-order valence-electron chi connectivity index (χ4n) is 4.72. The van der Waals surface area contributed by atoms with E-state index in [0.29, 0.717) is 47.1 Å². The van der Waals surface area contributed by atoms with E-state index >= 15 is 4.39 Å². The molecule has 2 amide bonds. The van der Waals surface area contributed by atoms with Gasteiger partial charge in [0.2, 0.25) is 0 Å². The van der Waals surface area contributed by atoms with Crippen molar-refractivity contribution >= 4 is 28.4 Å². The molecule has 218 valence electrons. The van der Waals surface area contributed by atoms with E-state index in [1.165, 1.54) is 12.1 Å². The van der Waals surface area contributed by atoms with Gasteiger partial charge in [-0.25, -0.2) is 4.39 Å². The minimum absolute atomic E-state index is 0.0625. The fourth-order valence-corrected chi connectivity index (χ4v) is 4.72. The SMILES string of the molecule is COc1c(OCC2CCNCC2)ccc2c(Oc3ccc(NC(=O)C(=O)NCCc4ccncc4)cc3F)ccnc12. The molecule has 4 aromatic rings. The molecule has 0 unspecified atom stereocenters. The highest BCUT2D eigenvalue weighted by Gasteiger charge is 2.19. The van der Waals surface area contributed by atoms with Crippen molar-refractivity contribution in [1.29, 1.82) is 0 Å². The molecular weight excluding hydrogens is 541 g/mol. The lowest BCUT2D eigenvalue weighted by molar-refractivity contribution is -0.136. The zero-order valence-electron chi connectivity index (χ0n) is 23.2. The molecule has 2 aromatic heterocycles. The van der Waals surface area contributed by atoms with E-state index in [1.54, 1.807) is 43.9 Å². The average Bonchev–Trinajstić information content (AvgIpc) is 3.02. The van der Waals surface area contributed by atoms with Crippen molar-refractivity contribution in [2.75, 3.05) is 38.7 Å². The molecule has 3 N–H and O–H groups in total. The molecule has 42 heavy (non-hydrogen) atoms. The normalized spacial score (nSPS) is 13.4. The zero-order valence-corrected chi connectivity index (χ0v) is 23.2. The second kappa shape index (κ2) is 13.7. The number of piperidine rings is 1. The number of benzene rings is 2. The number of hydrogen-bond donors (Lipinski definition) is 3. The van der Waals surface area contributed by atoms with Gasteiger partial charge in [0.15, 0.2) is 23.1 Å². The second-order valence-corrected chi connectivity index (χ2v) is 9.87. The summed E-state index contributed by atoms with van der Waals surface area (Å²) in [6.45, 7) is 2.82. The van der Waals surface area contributed by atoms with Gasteiger partial charge in [-0.05, 0) is 86.3 Å². The van der Waals surface area contributed by atoms with Crippen molar-refractivity contribution in [3.05, 3.63) is 78.5 Å². The summed E-state index contributed by atoms with van der Waals surface area (Å²) < 4.78 is 32.7. The molecule has 0 spiro atoms. The molecule has 0 atom stereocenters. The number of hydrogen-bond acceptors (Lipinski definition) is 8. The van der Waals surface area contributed by atoms with Crippen LogP contribution in [0.2, 0.25) is 0 Å². The van der Waals surface area contributed by atoms with E-state index in [-0.39, 0.29) is 18.0 Å². The van der Waals surface area contributed by atoms with E-state index in [2.05, 4.69) is 25.9 Å². The number of nitrogens with one attached hydrogen (secondary N) is 3. The van der Waals surface area contributed by atoms with Gasteiger partial charge < -0.3 is 30.2 Å². The molecule has 0 aliphatic carbocycles. The number of carbonyl (C=O) groups excluding carboxylic acids is 2. The van der Waals surface area contributed by atoms with Crippen LogP contribution in [0.5, 0.6) is 23.0 Å². The van der Waals surface area contributed by atoms with Crippen molar-refractivity contribution < 1.29 is 28.2 Å². The zero-order chi connectivity index (χ0) is 29.3. The number of ether oxygens (including phenoxy) is 3. The number of carbonyl (C=O) groups is 2. The predicted molar refractivity (Wildman–Crippen MR) is 155 cm³/mol. The van der Waals surface area contributed by atoms with Crippen LogP contribution in [-0.4, -0.2) is 55.1 Å². The average molecular weight is 574 g/mol. The molecule has 1 aliphatic heterocycles. The minimum Gasteiger partial charge on any atom is -0.491 e. The first-order valence-corrected chi connectivity index (χ1v) is 13.8. The van der Waals surface area contributed by atoms with Crippen LogP contribution in [0.1, 0.15) is 18.4 Å². The molecule has 3 heterocycles. The lowest BCUT2D eigenvalue weighted by Crippen LogP contribution is -2.36. The highest BCUT2D eigenvalue weighted by atomic mass is 19.1. The quantitative estimate of drug-likeness (QED) is 0.241. The molecule has 2 aromatic carbocycles. The summed E-state index contributed by atoms with van der Waals surface area (Å²) in [5.41, 5.74) is 1.62.